The molecule has 0 amide bonds. The number of para-hydroxylation sites is 2. The van der Waals surface area contributed by atoms with Gasteiger partial charge in [-0.1, -0.05) is 97.1 Å². The maximum atomic E-state index is 10.1. The average Bonchev–Trinajstić information content (AvgIpc) is 3.46. The Kier molecular flexibility index (Phi) is 6.62. The van der Waals surface area contributed by atoms with E-state index in [1.54, 1.807) is 36.4 Å². The summed E-state index contributed by atoms with van der Waals surface area (Å²) < 4.78 is 2.15. The average molecular weight is 572 g/mol. The van der Waals surface area contributed by atoms with Gasteiger partial charge in [0.1, 0.15) is 0 Å². The fourth-order valence-electron chi connectivity index (χ4n) is 6.27. The summed E-state index contributed by atoms with van der Waals surface area (Å²) >= 11 is 0. The van der Waals surface area contributed by atoms with Crippen molar-refractivity contribution in [3.63, 3.8) is 0 Å². The third-order valence-corrected chi connectivity index (χ3v) is 8.15. The lowest BCUT2D eigenvalue weighted by Crippen LogP contribution is -1.99. The Balaban J connectivity index is 1.71. The van der Waals surface area contributed by atoms with Crippen LogP contribution in [-0.4, -0.2) is 4.57 Å². The SMILES string of the molecule is [C-]#[N+]c1cccc(C#N)c1-c1cccc2c3cccc(-c4c(C#N)cccc4C#N)c3n(-c3cccc(-c4ccccc4)c3)c12. The van der Waals surface area contributed by atoms with Crippen LogP contribution in [0.2, 0.25) is 0 Å². The van der Waals surface area contributed by atoms with Crippen LogP contribution in [0.1, 0.15) is 16.7 Å². The minimum absolute atomic E-state index is 0.387. The molecule has 0 N–H and O–H groups in total. The first-order chi connectivity index (χ1) is 22.2. The second-order valence-corrected chi connectivity index (χ2v) is 10.5. The quantitative estimate of drug-likeness (QED) is 0.197. The van der Waals surface area contributed by atoms with E-state index in [1.165, 1.54) is 0 Å². The Bertz CT molecular complexity index is 2280. The van der Waals surface area contributed by atoms with E-state index in [9.17, 15) is 15.8 Å². The summed E-state index contributed by atoms with van der Waals surface area (Å²) in [5.74, 6) is 0. The first kappa shape index (κ1) is 26.9. The molecule has 1 aromatic heterocycles. The number of benzene rings is 6. The highest BCUT2D eigenvalue weighted by atomic mass is 15.0. The van der Waals surface area contributed by atoms with Gasteiger partial charge >= 0.3 is 0 Å². The normalized spacial score (nSPS) is 10.6. The van der Waals surface area contributed by atoms with Gasteiger partial charge in [-0.15, -0.1) is 0 Å². The molecule has 0 unspecified atom stereocenters. The van der Waals surface area contributed by atoms with Gasteiger partial charge in [-0.05, 0) is 47.0 Å². The molecule has 0 atom stereocenters. The van der Waals surface area contributed by atoms with Gasteiger partial charge in [0.05, 0.1) is 46.9 Å². The van der Waals surface area contributed by atoms with Gasteiger partial charge < -0.3 is 4.57 Å². The molecule has 0 aliphatic heterocycles. The van der Waals surface area contributed by atoms with Crippen LogP contribution in [-0.2, 0) is 0 Å². The summed E-state index contributed by atoms with van der Waals surface area (Å²) in [6.07, 6.45) is 0. The fourth-order valence-corrected chi connectivity index (χ4v) is 6.27. The monoisotopic (exact) mass is 571 g/mol. The molecular formula is C40H21N5. The van der Waals surface area contributed by atoms with Crippen molar-refractivity contribution < 1.29 is 0 Å². The predicted molar refractivity (Wildman–Crippen MR) is 177 cm³/mol. The second-order valence-electron chi connectivity index (χ2n) is 10.5. The van der Waals surface area contributed by atoms with E-state index in [-0.39, 0.29) is 0 Å². The number of aromatic nitrogens is 1. The van der Waals surface area contributed by atoms with E-state index in [0.29, 0.717) is 33.5 Å². The summed E-state index contributed by atoms with van der Waals surface area (Å²) in [4.78, 5) is 3.80. The maximum absolute atomic E-state index is 10.1. The van der Waals surface area contributed by atoms with Gasteiger partial charge in [-0.25, -0.2) is 4.85 Å². The Morgan fingerprint density at radius 2 is 1.02 bits per heavy atom. The van der Waals surface area contributed by atoms with Crippen molar-refractivity contribution in [3.05, 3.63) is 156 Å². The van der Waals surface area contributed by atoms with E-state index >= 15 is 0 Å². The third kappa shape index (κ3) is 4.29. The number of hydrogen-bond acceptors (Lipinski definition) is 3. The second kappa shape index (κ2) is 11.1. The largest absolute Gasteiger partial charge is 0.308 e. The highest BCUT2D eigenvalue weighted by molar-refractivity contribution is 6.18. The van der Waals surface area contributed by atoms with Crippen molar-refractivity contribution in [2.45, 2.75) is 0 Å². The van der Waals surface area contributed by atoms with Gasteiger partial charge in [-0.2, -0.15) is 15.8 Å². The fraction of sp³-hybridized carbons (Fsp3) is 0. The van der Waals surface area contributed by atoms with Crippen LogP contribution < -0.4 is 0 Å². The Morgan fingerprint density at radius 1 is 0.511 bits per heavy atom. The number of fused-ring (bicyclic) bond motifs is 3. The van der Waals surface area contributed by atoms with E-state index < -0.39 is 0 Å². The first-order valence-electron chi connectivity index (χ1n) is 14.2. The molecule has 5 heteroatoms. The molecule has 0 saturated carbocycles. The Morgan fingerprint density at radius 3 is 1.62 bits per heavy atom. The summed E-state index contributed by atoms with van der Waals surface area (Å²) in [5.41, 5.74) is 8.83. The minimum atomic E-state index is 0.387. The summed E-state index contributed by atoms with van der Waals surface area (Å²) in [6.45, 7) is 7.95. The Labute approximate surface area is 260 Å². The van der Waals surface area contributed by atoms with Crippen molar-refractivity contribution in [2.75, 3.05) is 0 Å². The minimum Gasteiger partial charge on any atom is -0.308 e. The van der Waals surface area contributed by atoms with Gasteiger partial charge in [0, 0.05) is 38.7 Å². The summed E-state index contributed by atoms with van der Waals surface area (Å²) in [7, 11) is 0. The standard InChI is InChI=1S/C40H21N5/c1-44-36-21-7-15-30(25-43)38(36)35-20-9-18-33-32-17-8-19-34(37-28(23-41)13-5-14-29(37)24-42)39(32)45(40(33)35)31-16-6-12-27(22-31)26-10-3-2-4-11-26/h2-22H. The molecule has 0 spiro atoms. The predicted octanol–water partition coefficient (Wildman–Crippen LogP) is 9.95. The van der Waals surface area contributed by atoms with Crippen LogP contribution in [0, 0.1) is 40.6 Å². The summed E-state index contributed by atoms with van der Waals surface area (Å²) in [5, 5.41) is 32.3. The molecule has 0 saturated heterocycles. The number of nitriles is 3. The molecule has 0 radical (unpaired) electrons. The Hall–Kier alpha value is -6.92. The lowest BCUT2D eigenvalue weighted by atomic mass is 9.93. The topological polar surface area (TPSA) is 80.7 Å². The smallest absolute Gasteiger partial charge is 0.196 e. The molecule has 6 aromatic carbocycles. The molecule has 0 fully saturated rings. The molecule has 0 bridgehead atoms. The van der Waals surface area contributed by atoms with Crippen LogP contribution in [0.5, 0.6) is 0 Å². The van der Waals surface area contributed by atoms with Gasteiger partial charge in [0.25, 0.3) is 0 Å². The lowest BCUT2D eigenvalue weighted by Gasteiger charge is -2.16. The van der Waals surface area contributed by atoms with Gasteiger partial charge in [0.2, 0.25) is 0 Å². The molecule has 7 rings (SSSR count). The number of hydrogen-bond donors (Lipinski definition) is 0. The zero-order valence-corrected chi connectivity index (χ0v) is 23.9. The maximum Gasteiger partial charge on any atom is 0.196 e. The van der Waals surface area contributed by atoms with Crippen molar-refractivity contribution in [1.29, 1.82) is 15.8 Å². The molecule has 45 heavy (non-hydrogen) atoms. The molecule has 7 aromatic rings. The number of nitrogens with zero attached hydrogens (tertiary/aromatic N) is 5. The zero-order valence-electron chi connectivity index (χ0n) is 23.9. The van der Waals surface area contributed by atoms with E-state index in [4.69, 9.17) is 6.57 Å². The van der Waals surface area contributed by atoms with Crippen LogP contribution in [0.4, 0.5) is 5.69 Å². The van der Waals surface area contributed by atoms with Crippen LogP contribution in [0.15, 0.2) is 127 Å². The van der Waals surface area contributed by atoms with Crippen LogP contribution in [0.25, 0.3) is 65.7 Å². The first-order valence-corrected chi connectivity index (χ1v) is 14.2. The molecule has 0 aliphatic carbocycles. The van der Waals surface area contributed by atoms with E-state index in [2.05, 4.69) is 51.9 Å². The van der Waals surface area contributed by atoms with E-state index in [1.807, 2.05) is 66.7 Å². The third-order valence-electron chi connectivity index (χ3n) is 8.15. The molecule has 0 aliphatic rings. The van der Waals surface area contributed by atoms with Crippen molar-refractivity contribution in [3.8, 4) is 57.3 Å². The van der Waals surface area contributed by atoms with Crippen molar-refractivity contribution >= 4 is 27.5 Å². The molecule has 5 nitrogen and oxygen atoms in total. The lowest BCUT2D eigenvalue weighted by molar-refractivity contribution is 1.18. The number of rotatable bonds is 4. The van der Waals surface area contributed by atoms with Crippen LogP contribution in [0.3, 0.4) is 0 Å². The highest BCUT2D eigenvalue weighted by Gasteiger charge is 2.24. The van der Waals surface area contributed by atoms with Crippen LogP contribution >= 0.6 is 0 Å². The molecule has 1 heterocycles. The van der Waals surface area contributed by atoms with Crippen molar-refractivity contribution in [2.24, 2.45) is 0 Å². The van der Waals surface area contributed by atoms with E-state index in [0.717, 1.165) is 49.7 Å². The summed E-state index contributed by atoms with van der Waals surface area (Å²) in [6, 6.07) is 47.5. The highest BCUT2D eigenvalue weighted by Crippen LogP contribution is 2.45. The van der Waals surface area contributed by atoms with Crippen molar-refractivity contribution in [1.82, 2.24) is 4.57 Å². The molecular weight excluding hydrogens is 550 g/mol. The zero-order chi connectivity index (χ0) is 30.9. The van der Waals surface area contributed by atoms with Gasteiger partial charge in [0.15, 0.2) is 5.69 Å². The molecule has 206 valence electrons. The van der Waals surface area contributed by atoms with Gasteiger partial charge in [-0.3, -0.25) is 0 Å².